The van der Waals surface area contributed by atoms with E-state index in [4.69, 9.17) is 11.6 Å². The molecule has 0 radical (unpaired) electrons. The predicted octanol–water partition coefficient (Wildman–Crippen LogP) is 2.14. The number of nitrogens with one attached hydrogen (secondary N) is 2. The minimum Gasteiger partial charge on any atom is -0.475 e. The van der Waals surface area contributed by atoms with Gasteiger partial charge in [0.2, 0.25) is 5.69 Å². The van der Waals surface area contributed by atoms with Gasteiger partial charge in [0.15, 0.2) is 0 Å². The van der Waals surface area contributed by atoms with Gasteiger partial charge in [-0.05, 0) is 12.1 Å². The number of methoxy groups -OCH3 is 1. The Morgan fingerprint density at radius 2 is 2.04 bits per heavy atom. The number of H-pyrrole nitrogens is 1. The first-order valence-electron chi connectivity index (χ1n) is 5.87. The van der Waals surface area contributed by atoms with Gasteiger partial charge in [0.25, 0.3) is 11.6 Å². The summed E-state index contributed by atoms with van der Waals surface area (Å²) in [5.41, 5.74) is -1.81. The molecule has 0 saturated carbocycles. The van der Waals surface area contributed by atoms with E-state index in [1.165, 1.54) is 12.1 Å². The van der Waals surface area contributed by atoms with Crippen molar-refractivity contribution in [2.45, 2.75) is 0 Å². The highest BCUT2D eigenvalue weighted by Gasteiger charge is 2.31. The Balaban J connectivity index is 2.39. The lowest BCUT2D eigenvalue weighted by molar-refractivity contribution is -0.386. The summed E-state index contributed by atoms with van der Waals surface area (Å²) in [6, 6.07) is 3.57. The third-order valence-electron chi connectivity index (χ3n) is 2.72. The SMILES string of the molecule is COc1n[nH]c(C(=O)Nc2ccc(Cl)cc2[N+](=O)[O-])c1[N+](=O)[O-]. The van der Waals surface area contributed by atoms with Crippen molar-refractivity contribution in [2.75, 3.05) is 12.4 Å². The highest BCUT2D eigenvalue weighted by molar-refractivity contribution is 6.31. The van der Waals surface area contributed by atoms with Crippen molar-refractivity contribution >= 4 is 34.6 Å². The molecule has 2 aromatic rings. The molecule has 11 nitrogen and oxygen atoms in total. The first-order valence-corrected chi connectivity index (χ1v) is 6.25. The fourth-order valence-electron chi connectivity index (χ4n) is 1.74. The van der Waals surface area contributed by atoms with Crippen LogP contribution in [0.25, 0.3) is 0 Å². The molecule has 0 unspecified atom stereocenters. The summed E-state index contributed by atoms with van der Waals surface area (Å²) in [5, 5.41) is 29.9. The van der Waals surface area contributed by atoms with E-state index >= 15 is 0 Å². The van der Waals surface area contributed by atoms with Crippen LogP contribution in [0.15, 0.2) is 18.2 Å². The van der Waals surface area contributed by atoms with Crippen LogP contribution in [0.5, 0.6) is 5.88 Å². The number of nitrogens with zero attached hydrogens (tertiary/aromatic N) is 3. The largest absolute Gasteiger partial charge is 0.475 e. The minimum atomic E-state index is -0.988. The van der Waals surface area contributed by atoms with Crippen LogP contribution in [-0.4, -0.2) is 33.1 Å². The van der Waals surface area contributed by atoms with E-state index in [1.54, 1.807) is 0 Å². The topological polar surface area (TPSA) is 153 Å². The van der Waals surface area contributed by atoms with Crippen LogP contribution in [0.3, 0.4) is 0 Å². The minimum absolute atomic E-state index is 0.101. The van der Waals surface area contributed by atoms with Gasteiger partial charge >= 0.3 is 11.6 Å². The number of rotatable bonds is 5. The third-order valence-corrected chi connectivity index (χ3v) is 2.95. The summed E-state index contributed by atoms with van der Waals surface area (Å²) in [6.45, 7) is 0. The normalized spacial score (nSPS) is 10.2. The number of halogens is 1. The van der Waals surface area contributed by atoms with Crippen molar-refractivity contribution in [2.24, 2.45) is 0 Å². The van der Waals surface area contributed by atoms with Crippen LogP contribution in [0.1, 0.15) is 10.5 Å². The molecule has 12 heteroatoms. The summed E-state index contributed by atoms with van der Waals surface area (Å²) in [5.74, 6) is -1.37. The molecule has 2 rings (SSSR count). The average Bonchev–Trinajstić information content (AvgIpc) is 2.93. The Bertz CT molecular complexity index is 804. The number of hydrogen-bond donors (Lipinski definition) is 2. The third kappa shape index (κ3) is 3.18. The number of carbonyl (C=O) groups excluding carboxylic acids is 1. The molecule has 2 N–H and O–H groups in total. The van der Waals surface area contributed by atoms with Crippen molar-refractivity contribution in [1.82, 2.24) is 10.2 Å². The molecule has 1 heterocycles. The fourth-order valence-corrected chi connectivity index (χ4v) is 1.90. The van der Waals surface area contributed by atoms with Crippen molar-refractivity contribution in [3.63, 3.8) is 0 Å². The Labute approximate surface area is 132 Å². The van der Waals surface area contributed by atoms with E-state index in [0.717, 1.165) is 13.2 Å². The Morgan fingerprint density at radius 3 is 2.61 bits per heavy atom. The van der Waals surface area contributed by atoms with Gasteiger partial charge in [-0.25, -0.2) is 0 Å². The van der Waals surface area contributed by atoms with Gasteiger partial charge in [-0.1, -0.05) is 11.6 Å². The maximum absolute atomic E-state index is 12.1. The molecular formula is C11H8ClN5O6. The Morgan fingerprint density at radius 1 is 1.35 bits per heavy atom. The molecule has 0 aliphatic heterocycles. The first-order chi connectivity index (χ1) is 10.8. The smallest absolute Gasteiger partial charge is 0.362 e. The number of nitro groups is 2. The highest BCUT2D eigenvalue weighted by atomic mass is 35.5. The summed E-state index contributed by atoms with van der Waals surface area (Å²) < 4.78 is 4.68. The van der Waals surface area contributed by atoms with Crippen LogP contribution in [-0.2, 0) is 0 Å². The van der Waals surface area contributed by atoms with Gasteiger partial charge < -0.3 is 10.1 Å². The number of aromatic amines is 1. The lowest BCUT2D eigenvalue weighted by atomic mass is 10.2. The van der Waals surface area contributed by atoms with Gasteiger partial charge in [-0.3, -0.25) is 30.1 Å². The molecule has 0 bridgehead atoms. The van der Waals surface area contributed by atoms with Crippen LogP contribution in [0.4, 0.5) is 17.1 Å². The lowest BCUT2D eigenvalue weighted by Gasteiger charge is -2.05. The zero-order valence-corrected chi connectivity index (χ0v) is 12.2. The second-order valence-electron chi connectivity index (χ2n) is 4.09. The fraction of sp³-hybridized carbons (Fsp3) is 0.0909. The van der Waals surface area contributed by atoms with Crippen LogP contribution in [0.2, 0.25) is 5.02 Å². The van der Waals surface area contributed by atoms with Gasteiger partial charge in [-0.15, -0.1) is 5.10 Å². The van der Waals surface area contributed by atoms with E-state index in [2.05, 4.69) is 20.3 Å². The molecule has 0 aliphatic rings. The molecule has 1 aromatic carbocycles. The number of amides is 1. The van der Waals surface area contributed by atoms with E-state index in [9.17, 15) is 25.0 Å². The van der Waals surface area contributed by atoms with Crippen molar-refractivity contribution in [3.8, 4) is 5.88 Å². The van der Waals surface area contributed by atoms with Gasteiger partial charge in [0.1, 0.15) is 5.69 Å². The molecule has 0 fully saturated rings. The number of nitro benzene ring substituents is 1. The van der Waals surface area contributed by atoms with Crippen LogP contribution < -0.4 is 10.1 Å². The molecule has 23 heavy (non-hydrogen) atoms. The number of carbonyl (C=O) groups is 1. The quantitative estimate of drug-likeness (QED) is 0.623. The molecular weight excluding hydrogens is 334 g/mol. The number of ether oxygens (including phenoxy) is 1. The monoisotopic (exact) mass is 341 g/mol. The predicted molar refractivity (Wildman–Crippen MR) is 77.9 cm³/mol. The average molecular weight is 342 g/mol. The molecule has 0 atom stereocenters. The molecule has 120 valence electrons. The van der Waals surface area contributed by atoms with E-state index in [-0.39, 0.29) is 16.6 Å². The molecule has 0 aliphatic carbocycles. The summed E-state index contributed by atoms with van der Waals surface area (Å²) in [4.78, 5) is 32.5. The van der Waals surface area contributed by atoms with Gasteiger partial charge in [-0.2, -0.15) is 0 Å². The van der Waals surface area contributed by atoms with Gasteiger partial charge in [0, 0.05) is 11.1 Å². The zero-order valence-electron chi connectivity index (χ0n) is 11.4. The Hall–Kier alpha value is -3.21. The summed E-state index contributed by atoms with van der Waals surface area (Å²) in [6.07, 6.45) is 0. The molecule has 1 aromatic heterocycles. The molecule has 0 saturated heterocycles. The number of benzene rings is 1. The van der Waals surface area contributed by atoms with E-state index in [0.29, 0.717) is 0 Å². The second-order valence-corrected chi connectivity index (χ2v) is 4.52. The standard InChI is InChI=1S/C11H8ClN5O6/c1-23-11-9(17(21)22)8(14-15-11)10(18)13-6-3-2-5(12)4-7(6)16(19)20/h2-4H,1H3,(H,13,18)(H,14,15). The van der Waals surface area contributed by atoms with Crippen molar-refractivity contribution in [1.29, 1.82) is 0 Å². The maximum Gasteiger partial charge on any atom is 0.362 e. The maximum atomic E-state index is 12.1. The number of anilines is 1. The van der Waals surface area contributed by atoms with E-state index in [1.807, 2.05) is 0 Å². The second kappa shape index (κ2) is 6.27. The Kier molecular flexibility index (Phi) is 4.41. The lowest BCUT2D eigenvalue weighted by Crippen LogP contribution is -2.15. The highest BCUT2D eigenvalue weighted by Crippen LogP contribution is 2.31. The van der Waals surface area contributed by atoms with Crippen LogP contribution >= 0.6 is 11.6 Å². The summed E-state index contributed by atoms with van der Waals surface area (Å²) in [7, 11) is 1.15. The zero-order chi connectivity index (χ0) is 17.1. The molecule has 0 spiro atoms. The van der Waals surface area contributed by atoms with Gasteiger partial charge in [0.05, 0.1) is 17.0 Å². The molecule has 1 amide bonds. The summed E-state index contributed by atoms with van der Waals surface area (Å²) >= 11 is 5.66. The first kappa shape index (κ1) is 16.2. The number of hydrogen-bond acceptors (Lipinski definition) is 7. The van der Waals surface area contributed by atoms with Crippen LogP contribution in [0, 0.1) is 20.2 Å². The van der Waals surface area contributed by atoms with E-state index < -0.39 is 32.8 Å². The van der Waals surface area contributed by atoms with Crippen molar-refractivity contribution < 1.29 is 19.4 Å². The number of aromatic nitrogens is 2. The van der Waals surface area contributed by atoms with Crippen molar-refractivity contribution in [3.05, 3.63) is 49.1 Å².